The van der Waals surface area contributed by atoms with Crippen molar-refractivity contribution in [1.29, 1.82) is 0 Å². The van der Waals surface area contributed by atoms with Gasteiger partial charge in [0.1, 0.15) is 18.4 Å². The van der Waals surface area contributed by atoms with Gasteiger partial charge in [0.05, 0.1) is 50.9 Å². The molecule has 5 atom stereocenters. The van der Waals surface area contributed by atoms with E-state index in [-0.39, 0.29) is 29.6 Å². The van der Waals surface area contributed by atoms with E-state index in [1.807, 2.05) is 12.3 Å². The van der Waals surface area contributed by atoms with Crippen molar-refractivity contribution in [2.75, 3.05) is 31.9 Å². The third kappa shape index (κ3) is 8.75. The van der Waals surface area contributed by atoms with Gasteiger partial charge in [0.15, 0.2) is 6.29 Å². The lowest BCUT2D eigenvalue weighted by Gasteiger charge is -2.31. The standard InChI is InChI=1S/C32H42N4O8S2/c1-20(2)15-36(46(39,40)26-10-6-23(33)7-11-26)16-29(37)28(35-32(38)44-30-18-43-31-27(30)12-13-41-31)14-22-4-8-25(9-5-22)42-17-24-19-45-21(3)34-24/h4-11,19-20,27-31,37H,12-18,33H2,1-3H3,(H,35,38)/t27-,28-,29+,30-,31+/m0/s1/i1D3,2D3,15D2,18D2,20D,30D. The van der Waals surface area contributed by atoms with Crippen LogP contribution < -0.4 is 15.8 Å². The normalized spacial score (nSPS) is 28.5. The van der Waals surface area contributed by atoms with Gasteiger partial charge in [-0.1, -0.05) is 25.8 Å². The van der Waals surface area contributed by atoms with Crippen molar-refractivity contribution in [3.8, 4) is 5.75 Å². The molecule has 3 heterocycles. The molecule has 1 amide bonds. The topological polar surface area (TPSA) is 163 Å². The van der Waals surface area contributed by atoms with Crippen molar-refractivity contribution in [2.45, 2.75) is 69.5 Å². The molecular weight excluding hydrogens is 633 g/mol. The van der Waals surface area contributed by atoms with Crippen LogP contribution in [0.2, 0.25) is 0 Å². The molecule has 0 aliphatic carbocycles. The van der Waals surface area contributed by atoms with Crippen LogP contribution in [0.15, 0.2) is 58.8 Å². The van der Waals surface area contributed by atoms with Crippen LogP contribution in [0.4, 0.5) is 10.5 Å². The molecule has 250 valence electrons. The van der Waals surface area contributed by atoms with Crippen molar-refractivity contribution >= 4 is 33.1 Å². The minimum Gasteiger partial charge on any atom is -0.487 e. The monoisotopic (exact) mass is 686 g/mol. The third-order valence-corrected chi connectivity index (χ3v) is 9.62. The summed E-state index contributed by atoms with van der Waals surface area (Å²) >= 11 is 1.44. The molecule has 4 N–H and O–H groups in total. The van der Waals surface area contributed by atoms with E-state index in [9.17, 15) is 18.3 Å². The van der Waals surface area contributed by atoms with Crippen LogP contribution >= 0.6 is 11.3 Å². The number of aliphatic hydroxyl groups is 1. The first-order chi connectivity index (χ1) is 26.6. The zero-order valence-electron chi connectivity index (χ0n) is 36.6. The number of sulfonamides is 1. The number of alkyl carbamates (subject to hydrolysis) is 1. The smallest absolute Gasteiger partial charge is 0.407 e. The summed E-state index contributed by atoms with van der Waals surface area (Å²) in [6.45, 7) is -14.4. The Labute approximate surface area is 290 Å². The average molecular weight is 687 g/mol. The summed E-state index contributed by atoms with van der Waals surface area (Å²) in [7, 11) is -5.35. The molecule has 1 aromatic heterocycles. The number of fused-ring (bicyclic) bond motifs is 1. The number of carbonyl (C=O) groups is 1. The number of amides is 1. The Morgan fingerprint density at radius 2 is 2.07 bits per heavy atom. The van der Waals surface area contributed by atoms with Crippen LogP contribution in [0.1, 0.15) is 52.8 Å². The highest BCUT2D eigenvalue weighted by molar-refractivity contribution is 7.89. The second-order valence-electron chi connectivity index (χ2n) is 10.5. The van der Waals surface area contributed by atoms with Crippen LogP contribution in [-0.4, -0.2) is 79.6 Å². The predicted molar refractivity (Wildman–Crippen MR) is 173 cm³/mol. The molecule has 12 nitrogen and oxygen atoms in total. The molecule has 46 heavy (non-hydrogen) atoms. The summed E-state index contributed by atoms with van der Waals surface area (Å²) in [5, 5.41) is 16.8. The first kappa shape index (κ1) is 21.6. The van der Waals surface area contributed by atoms with Crippen molar-refractivity contribution in [2.24, 2.45) is 11.8 Å². The number of nitrogens with zero attached hydrogens (tertiary/aromatic N) is 2. The Kier molecular flexibility index (Phi) is 7.08. The number of hydrogen-bond donors (Lipinski definition) is 3. The number of nitrogens with one attached hydrogen (secondary N) is 1. The maximum atomic E-state index is 14.2. The Morgan fingerprint density at radius 3 is 2.76 bits per heavy atom. The van der Waals surface area contributed by atoms with E-state index in [4.69, 9.17) is 41.1 Å². The molecule has 2 aliphatic heterocycles. The maximum absolute atomic E-state index is 14.2. The number of benzene rings is 2. The molecule has 5 rings (SSSR count). The van der Waals surface area contributed by atoms with E-state index in [0.29, 0.717) is 17.0 Å². The lowest BCUT2D eigenvalue weighted by molar-refractivity contribution is -0.0907. The van der Waals surface area contributed by atoms with Gasteiger partial charge in [-0.15, -0.1) is 11.3 Å². The lowest BCUT2D eigenvalue weighted by atomic mass is 10.0. The second kappa shape index (κ2) is 15.1. The molecule has 2 saturated heterocycles. The maximum Gasteiger partial charge on any atom is 0.407 e. The van der Waals surface area contributed by atoms with E-state index in [1.54, 1.807) is 0 Å². The first-order valence-corrected chi connectivity index (χ1v) is 16.4. The number of nitrogen functional groups attached to an aromatic ring is 1. The number of anilines is 1. The fourth-order valence-corrected chi connectivity index (χ4v) is 6.68. The number of ether oxygens (including phenoxy) is 4. The van der Waals surface area contributed by atoms with Crippen molar-refractivity contribution in [3.63, 3.8) is 0 Å². The van der Waals surface area contributed by atoms with Crippen molar-refractivity contribution < 1.29 is 53.7 Å². The molecule has 0 unspecified atom stereocenters. The summed E-state index contributed by atoms with van der Waals surface area (Å²) in [6, 6.07) is 8.50. The summed E-state index contributed by atoms with van der Waals surface area (Å²) in [6.07, 6.45) is -7.93. The molecule has 0 saturated carbocycles. The molecule has 3 aromatic rings. The van der Waals surface area contributed by atoms with E-state index in [0.717, 1.165) is 29.3 Å². The van der Waals surface area contributed by atoms with E-state index < -0.39 is 97.1 Å². The van der Waals surface area contributed by atoms with Gasteiger partial charge < -0.3 is 35.1 Å². The molecule has 14 heteroatoms. The summed E-state index contributed by atoms with van der Waals surface area (Å²) in [4.78, 5) is 17.2. The fraction of sp³-hybridized carbons (Fsp3) is 0.500. The number of aliphatic hydroxyl groups excluding tert-OH is 1. The predicted octanol–water partition coefficient (Wildman–Crippen LogP) is 3.72. The van der Waals surface area contributed by atoms with Crippen LogP contribution in [0.5, 0.6) is 5.75 Å². The Bertz CT molecular complexity index is 2020. The number of nitrogens with two attached hydrogens (primary N) is 1. The van der Waals surface area contributed by atoms with Gasteiger partial charge in [-0.25, -0.2) is 18.2 Å². The molecule has 2 aliphatic rings. The SMILES string of the molecule is [2H]C([2H])([2H])C([2H])(C([2H])([2H])[2H])C([2H])([2H])N(C[C@@H](O)[C@H](Cc1ccc(OCc2csc(C)n2)cc1)NC(=O)O[C@]1([2H])[C@@H]2CCO[C@@H]2OC1([2H])[2H])S(=O)(=O)c1ccc(N)cc1. The van der Waals surface area contributed by atoms with E-state index in [2.05, 4.69) is 10.3 Å². The fourth-order valence-electron chi connectivity index (χ4n) is 4.79. The lowest BCUT2D eigenvalue weighted by Crippen LogP contribution is -2.51. The summed E-state index contributed by atoms with van der Waals surface area (Å²) in [5.41, 5.74) is 6.81. The van der Waals surface area contributed by atoms with Crippen LogP contribution in [0.3, 0.4) is 0 Å². The van der Waals surface area contributed by atoms with Gasteiger partial charge in [-0.3, -0.25) is 0 Å². The average Bonchev–Trinajstić information content (AvgIpc) is 3.80. The van der Waals surface area contributed by atoms with Crippen LogP contribution in [0.25, 0.3) is 0 Å². The number of carbonyl (C=O) groups excluding carboxylic acids is 1. The van der Waals surface area contributed by atoms with E-state index >= 15 is 0 Å². The highest BCUT2D eigenvalue weighted by Gasteiger charge is 2.44. The van der Waals surface area contributed by atoms with Gasteiger partial charge in [0.25, 0.3) is 0 Å². The Balaban J connectivity index is 1.52. The van der Waals surface area contributed by atoms with Gasteiger partial charge in [0.2, 0.25) is 10.0 Å². The summed E-state index contributed by atoms with van der Waals surface area (Å²) in [5.74, 6) is -4.84. The van der Waals surface area contributed by atoms with Crippen LogP contribution in [0, 0.1) is 18.7 Å². The van der Waals surface area contributed by atoms with Gasteiger partial charge in [-0.05, 0) is 67.6 Å². The number of rotatable bonds is 14. The molecular formula is C32H42N4O8S2. The van der Waals surface area contributed by atoms with Crippen LogP contribution in [-0.2, 0) is 37.3 Å². The first-order valence-electron chi connectivity index (χ1n) is 20.1. The Morgan fingerprint density at radius 1 is 1.30 bits per heavy atom. The van der Waals surface area contributed by atoms with Crippen molar-refractivity contribution in [1.82, 2.24) is 14.6 Å². The number of thiazole rings is 1. The number of hydrogen-bond acceptors (Lipinski definition) is 11. The highest BCUT2D eigenvalue weighted by Crippen LogP contribution is 2.33. The minimum absolute atomic E-state index is 0.0745. The van der Waals surface area contributed by atoms with Gasteiger partial charge in [-0.2, -0.15) is 4.31 Å². The number of aromatic nitrogens is 1. The number of aryl methyl sites for hydroxylation is 1. The quantitative estimate of drug-likeness (QED) is 0.213. The minimum atomic E-state index is -5.35. The van der Waals surface area contributed by atoms with Gasteiger partial charge in [0, 0.05) is 36.4 Å². The second-order valence-corrected chi connectivity index (χ2v) is 13.4. The highest BCUT2D eigenvalue weighted by atomic mass is 32.2. The molecule has 0 bridgehead atoms. The summed E-state index contributed by atoms with van der Waals surface area (Å²) < 4.78 is 149. The molecule has 0 spiro atoms. The Hall–Kier alpha value is -3.27. The zero-order chi connectivity index (χ0) is 43.3. The van der Waals surface area contributed by atoms with Crippen molar-refractivity contribution in [3.05, 3.63) is 70.2 Å². The molecule has 0 radical (unpaired) electrons. The zero-order valence-corrected chi connectivity index (χ0v) is 26.3. The molecule has 2 fully saturated rings. The van der Waals surface area contributed by atoms with E-state index in [1.165, 1.54) is 35.6 Å². The van der Waals surface area contributed by atoms with Gasteiger partial charge >= 0.3 is 6.09 Å². The largest absolute Gasteiger partial charge is 0.487 e. The molecule has 2 aromatic carbocycles. The third-order valence-electron chi connectivity index (χ3n) is 7.11.